The van der Waals surface area contributed by atoms with E-state index in [1.54, 1.807) is 0 Å². The van der Waals surface area contributed by atoms with Crippen LogP contribution in [0.25, 0.3) is 0 Å². The lowest BCUT2D eigenvalue weighted by Gasteiger charge is -2.16. The molecule has 1 atom stereocenters. The number of unbranched alkanes of at least 4 members (excludes halogenated alkanes) is 1. The predicted octanol–water partition coefficient (Wildman–Crippen LogP) is 3.52. The van der Waals surface area contributed by atoms with E-state index in [0.29, 0.717) is 25.8 Å². The third kappa shape index (κ3) is 7.07. The van der Waals surface area contributed by atoms with Gasteiger partial charge in [0, 0.05) is 25.3 Å². The van der Waals surface area contributed by atoms with Crippen molar-refractivity contribution in [1.82, 2.24) is 5.32 Å². The molecular formula is C18H27NO2. The molecule has 0 aliphatic rings. The molecule has 1 aromatic rings. The number of hydrogen-bond acceptors (Lipinski definition) is 2. The van der Waals surface area contributed by atoms with Crippen LogP contribution in [0.4, 0.5) is 0 Å². The summed E-state index contributed by atoms with van der Waals surface area (Å²) in [7, 11) is 0. The molecule has 0 fully saturated rings. The fourth-order valence-electron chi connectivity index (χ4n) is 2.34. The van der Waals surface area contributed by atoms with Gasteiger partial charge in [0.05, 0.1) is 0 Å². The lowest BCUT2D eigenvalue weighted by Crippen LogP contribution is -2.34. The van der Waals surface area contributed by atoms with Crippen LogP contribution in [0.5, 0.6) is 0 Å². The van der Waals surface area contributed by atoms with Gasteiger partial charge in [-0.15, -0.1) is 0 Å². The number of benzene rings is 1. The van der Waals surface area contributed by atoms with E-state index in [-0.39, 0.29) is 17.6 Å². The molecule has 0 bridgehead atoms. The zero-order valence-electron chi connectivity index (χ0n) is 13.2. The molecule has 116 valence electrons. The molecule has 3 heteroatoms. The molecular weight excluding hydrogens is 262 g/mol. The summed E-state index contributed by atoms with van der Waals surface area (Å²) in [5.41, 5.74) is 1.11. The van der Waals surface area contributed by atoms with Crippen molar-refractivity contribution < 1.29 is 9.59 Å². The Morgan fingerprint density at radius 1 is 1.10 bits per heavy atom. The van der Waals surface area contributed by atoms with Crippen LogP contribution >= 0.6 is 0 Å². The van der Waals surface area contributed by atoms with Gasteiger partial charge in [0.25, 0.3) is 0 Å². The molecule has 0 saturated heterocycles. The standard InChI is InChI=1S/C18H27NO2/c1-3-5-12-19-18(21)16(14-17(20)9-4-2)13-15-10-7-6-8-11-15/h6-8,10-11,16H,3-5,9,12-14H2,1-2H3,(H,19,21). The van der Waals surface area contributed by atoms with Crippen LogP contribution in [0, 0.1) is 5.92 Å². The van der Waals surface area contributed by atoms with Crippen LogP contribution in [0.2, 0.25) is 0 Å². The van der Waals surface area contributed by atoms with Crippen molar-refractivity contribution in [2.24, 2.45) is 5.92 Å². The molecule has 0 heterocycles. The normalized spacial score (nSPS) is 11.9. The van der Waals surface area contributed by atoms with Crippen LogP contribution in [0.3, 0.4) is 0 Å². The second-order valence-electron chi connectivity index (χ2n) is 5.52. The SMILES string of the molecule is CCCCNC(=O)C(CC(=O)CCC)Cc1ccccc1. The van der Waals surface area contributed by atoms with E-state index in [1.165, 1.54) is 0 Å². The topological polar surface area (TPSA) is 46.2 Å². The molecule has 1 rings (SSSR count). The molecule has 0 aliphatic heterocycles. The van der Waals surface area contributed by atoms with Crippen LogP contribution in [0.15, 0.2) is 30.3 Å². The number of hydrogen-bond donors (Lipinski definition) is 1. The summed E-state index contributed by atoms with van der Waals surface area (Å²) in [6, 6.07) is 9.92. The highest BCUT2D eigenvalue weighted by molar-refractivity contribution is 5.87. The number of ketones is 1. The van der Waals surface area contributed by atoms with Gasteiger partial charge in [0.15, 0.2) is 0 Å². The van der Waals surface area contributed by atoms with E-state index in [2.05, 4.69) is 12.2 Å². The van der Waals surface area contributed by atoms with Gasteiger partial charge in [-0.25, -0.2) is 0 Å². The molecule has 0 saturated carbocycles. The maximum atomic E-state index is 12.3. The van der Waals surface area contributed by atoms with Gasteiger partial charge in [-0.1, -0.05) is 50.6 Å². The van der Waals surface area contributed by atoms with E-state index in [9.17, 15) is 9.59 Å². The maximum absolute atomic E-state index is 12.3. The Morgan fingerprint density at radius 3 is 2.43 bits per heavy atom. The average Bonchev–Trinajstić information content (AvgIpc) is 2.48. The third-order valence-electron chi connectivity index (χ3n) is 3.53. The highest BCUT2D eigenvalue weighted by Crippen LogP contribution is 2.15. The van der Waals surface area contributed by atoms with E-state index >= 15 is 0 Å². The van der Waals surface area contributed by atoms with Crippen LogP contribution < -0.4 is 5.32 Å². The largest absolute Gasteiger partial charge is 0.356 e. The van der Waals surface area contributed by atoms with Crippen molar-refractivity contribution in [2.75, 3.05) is 6.54 Å². The summed E-state index contributed by atoms with van der Waals surface area (Å²) in [4.78, 5) is 24.2. The monoisotopic (exact) mass is 289 g/mol. The van der Waals surface area contributed by atoms with Crippen LogP contribution in [0.1, 0.15) is 51.5 Å². The lowest BCUT2D eigenvalue weighted by molar-refractivity contribution is -0.129. The molecule has 0 aliphatic carbocycles. The van der Waals surface area contributed by atoms with Gasteiger partial charge < -0.3 is 5.32 Å². The Kier molecular flexibility index (Phi) is 8.41. The van der Waals surface area contributed by atoms with Gasteiger partial charge in [-0.05, 0) is 24.8 Å². The van der Waals surface area contributed by atoms with Gasteiger partial charge in [-0.3, -0.25) is 9.59 Å². The first-order valence-corrected chi connectivity index (χ1v) is 8.00. The molecule has 21 heavy (non-hydrogen) atoms. The number of rotatable bonds is 10. The summed E-state index contributed by atoms with van der Waals surface area (Å²) in [6.45, 7) is 4.78. The summed E-state index contributed by atoms with van der Waals surface area (Å²) in [6.07, 6.45) is 4.42. The zero-order valence-corrected chi connectivity index (χ0v) is 13.2. The molecule has 0 aromatic heterocycles. The fraction of sp³-hybridized carbons (Fsp3) is 0.556. The summed E-state index contributed by atoms with van der Waals surface area (Å²) in [5.74, 6) is -0.0517. The van der Waals surface area contributed by atoms with Crippen molar-refractivity contribution in [2.45, 2.75) is 52.4 Å². The van der Waals surface area contributed by atoms with Gasteiger partial charge in [-0.2, -0.15) is 0 Å². The second-order valence-corrected chi connectivity index (χ2v) is 5.52. The number of carbonyl (C=O) groups is 2. The number of Topliss-reactive ketones (excluding diaryl/α,β-unsaturated/α-hetero) is 1. The van der Waals surface area contributed by atoms with Crippen molar-refractivity contribution >= 4 is 11.7 Å². The highest BCUT2D eigenvalue weighted by atomic mass is 16.2. The van der Waals surface area contributed by atoms with E-state index in [4.69, 9.17) is 0 Å². The van der Waals surface area contributed by atoms with Crippen molar-refractivity contribution in [1.29, 1.82) is 0 Å². The molecule has 1 N–H and O–H groups in total. The molecule has 1 aromatic carbocycles. The first-order valence-electron chi connectivity index (χ1n) is 8.00. The number of carbonyl (C=O) groups excluding carboxylic acids is 2. The Labute approximate surface area is 128 Å². The first-order chi connectivity index (χ1) is 10.2. The highest BCUT2D eigenvalue weighted by Gasteiger charge is 2.21. The first kappa shape index (κ1) is 17.4. The molecule has 0 radical (unpaired) electrons. The predicted molar refractivity (Wildman–Crippen MR) is 86.1 cm³/mol. The maximum Gasteiger partial charge on any atom is 0.223 e. The Bertz CT molecular complexity index is 428. The number of amides is 1. The molecule has 3 nitrogen and oxygen atoms in total. The number of nitrogens with one attached hydrogen (secondary N) is 1. The minimum absolute atomic E-state index is 0.0109. The molecule has 1 amide bonds. The molecule has 1 unspecified atom stereocenters. The average molecular weight is 289 g/mol. The Morgan fingerprint density at radius 2 is 1.81 bits per heavy atom. The lowest BCUT2D eigenvalue weighted by atomic mass is 9.92. The second kappa shape index (κ2) is 10.1. The smallest absolute Gasteiger partial charge is 0.223 e. The summed E-state index contributed by atoms with van der Waals surface area (Å²) >= 11 is 0. The Balaban J connectivity index is 2.64. The van der Waals surface area contributed by atoms with E-state index in [0.717, 1.165) is 24.8 Å². The van der Waals surface area contributed by atoms with E-state index < -0.39 is 0 Å². The quantitative estimate of drug-likeness (QED) is 0.670. The fourth-order valence-corrected chi connectivity index (χ4v) is 2.34. The zero-order chi connectivity index (χ0) is 15.5. The Hall–Kier alpha value is -1.64. The van der Waals surface area contributed by atoms with E-state index in [1.807, 2.05) is 37.3 Å². The van der Waals surface area contributed by atoms with Gasteiger partial charge in [0.2, 0.25) is 5.91 Å². The minimum atomic E-state index is -0.247. The minimum Gasteiger partial charge on any atom is -0.356 e. The van der Waals surface area contributed by atoms with Crippen molar-refractivity contribution in [3.63, 3.8) is 0 Å². The third-order valence-corrected chi connectivity index (χ3v) is 3.53. The van der Waals surface area contributed by atoms with Gasteiger partial charge >= 0.3 is 0 Å². The molecule has 0 spiro atoms. The van der Waals surface area contributed by atoms with Crippen molar-refractivity contribution in [3.8, 4) is 0 Å². The van der Waals surface area contributed by atoms with Crippen molar-refractivity contribution in [3.05, 3.63) is 35.9 Å². The summed E-state index contributed by atoms with van der Waals surface area (Å²) in [5, 5.41) is 2.96. The van der Waals surface area contributed by atoms with Crippen LogP contribution in [-0.4, -0.2) is 18.2 Å². The summed E-state index contributed by atoms with van der Waals surface area (Å²) < 4.78 is 0. The van der Waals surface area contributed by atoms with Crippen LogP contribution in [-0.2, 0) is 16.0 Å². The van der Waals surface area contributed by atoms with Gasteiger partial charge in [0.1, 0.15) is 5.78 Å².